The summed E-state index contributed by atoms with van der Waals surface area (Å²) in [4.78, 5) is 26.3. The lowest BCUT2D eigenvalue weighted by atomic mass is 10.1. The maximum absolute atomic E-state index is 11.6. The molecule has 3 N–H and O–H groups in total. The van der Waals surface area contributed by atoms with Gasteiger partial charge < -0.3 is 20.3 Å². The lowest BCUT2D eigenvalue weighted by Gasteiger charge is -2.17. The quantitative estimate of drug-likeness (QED) is 0.628. The fourth-order valence-electron chi connectivity index (χ4n) is 2.15. The van der Waals surface area contributed by atoms with Crippen LogP contribution in [0.25, 0.3) is 0 Å². The van der Waals surface area contributed by atoms with E-state index in [1.807, 2.05) is 30.3 Å². The Morgan fingerprint density at radius 2 is 2.00 bits per heavy atom. The number of alkyl carbamates (subject to hydrolysis) is 1. The van der Waals surface area contributed by atoms with Gasteiger partial charge in [-0.05, 0) is 24.1 Å². The maximum Gasteiger partial charge on any atom is 0.407 e. The molecule has 0 saturated carbocycles. The average Bonchev–Trinajstić information content (AvgIpc) is 2.66. The van der Waals surface area contributed by atoms with E-state index >= 15 is 0 Å². The summed E-state index contributed by atoms with van der Waals surface area (Å²) in [6, 6.07) is 12.2. The Morgan fingerprint density at radius 1 is 1.24 bits per heavy atom. The van der Waals surface area contributed by atoms with Gasteiger partial charge in [0.1, 0.15) is 19.0 Å². The topological polar surface area (TPSA) is 109 Å². The first kappa shape index (κ1) is 18.6. The summed E-state index contributed by atoms with van der Waals surface area (Å²) in [6.07, 6.45) is -0.866. The predicted molar refractivity (Wildman–Crippen MR) is 89.8 cm³/mol. The van der Waals surface area contributed by atoms with Gasteiger partial charge in [0.25, 0.3) is 0 Å². The molecule has 1 aromatic heterocycles. The summed E-state index contributed by atoms with van der Waals surface area (Å²) in [5, 5.41) is 22.5. The highest BCUT2D eigenvalue weighted by atomic mass is 16.5. The number of hydrogen-bond donors (Lipinski definition) is 3. The van der Waals surface area contributed by atoms with Crippen LogP contribution in [0.3, 0.4) is 0 Å². The lowest BCUT2D eigenvalue weighted by molar-refractivity contribution is 0.0111. The van der Waals surface area contributed by atoms with Crippen molar-refractivity contribution in [2.45, 2.75) is 25.2 Å². The summed E-state index contributed by atoms with van der Waals surface area (Å²) in [5.41, 5.74) is 1.43. The Labute approximate surface area is 145 Å². The van der Waals surface area contributed by atoms with Gasteiger partial charge in [-0.2, -0.15) is 0 Å². The third-order valence-electron chi connectivity index (χ3n) is 3.53. The van der Waals surface area contributed by atoms with Crippen molar-refractivity contribution in [3.8, 4) is 0 Å². The van der Waals surface area contributed by atoms with E-state index in [4.69, 9.17) is 4.74 Å². The van der Waals surface area contributed by atoms with E-state index in [0.29, 0.717) is 11.8 Å². The van der Waals surface area contributed by atoms with Gasteiger partial charge in [0, 0.05) is 18.3 Å². The van der Waals surface area contributed by atoms with E-state index in [1.165, 1.54) is 18.3 Å². The Balaban J connectivity index is 1.72. The van der Waals surface area contributed by atoms with Crippen LogP contribution < -0.4 is 5.32 Å². The Bertz CT molecular complexity index is 693. The van der Waals surface area contributed by atoms with Crippen LogP contribution in [-0.4, -0.2) is 40.2 Å². The number of ether oxygens (including phenoxy) is 1. The van der Waals surface area contributed by atoms with Gasteiger partial charge in [0.05, 0.1) is 11.8 Å². The van der Waals surface area contributed by atoms with E-state index in [9.17, 15) is 19.8 Å². The van der Waals surface area contributed by atoms with Crippen molar-refractivity contribution < 1.29 is 24.5 Å². The highest BCUT2D eigenvalue weighted by Crippen LogP contribution is 2.17. The molecule has 0 fully saturated rings. The number of aliphatic hydroxyl groups is 2. The number of hydrogen-bond acceptors (Lipinski definition) is 6. The SMILES string of the molecule is O=Cc1ccnc(C(O)C(O)CCNC(=O)OCc2ccccc2)c1. The van der Waals surface area contributed by atoms with E-state index in [-0.39, 0.29) is 25.3 Å². The molecule has 7 nitrogen and oxygen atoms in total. The minimum atomic E-state index is -1.25. The van der Waals surface area contributed by atoms with E-state index in [0.717, 1.165) is 5.56 Å². The molecule has 2 unspecified atom stereocenters. The fraction of sp³-hybridized carbons (Fsp3) is 0.278. The van der Waals surface area contributed by atoms with Gasteiger partial charge in [-0.3, -0.25) is 9.78 Å². The van der Waals surface area contributed by atoms with Gasteiger partial charge in [-0.25, -0.2) is 4.79 Å². The number of aromatic nitrogens is 1. The number of carbonyl (C=O) groups excluding carboxylic acids is 2. The summed E-state index contributed by atoms with van der Waals surface area (Å²) in [7, 11) is 0. The second-order valence-corrected chi connectivity index (χ2v) is 5.42. The highest BCUT2D eigenvalue weighted by Gasteiger charge is 2.20. The molecule has 0 bridgehead atoms. The van der Waals surface area contributed by atoms with Gasteiger partial charge in [0.15, 0.2) is 0 Å². The number of aldehydes is 1. The maximum atomic E-state index is 11.6. The second-order valence-electron chi connectivity index (χ2n) is 5.42. The van der Waals surface area contributed by atoms with E-state index in [2.05, 4.69) is 10.3 Å². The van der Waals surface area contributed by atoms with Crippen LogP contribution in [0.4, 0.5) is 4.79 Å². The van der Waals surface area contributed by atoms with Gasteiger partial charge in [-0.15, -0.1) is 0 Å². The molecule has 132 valence electrons. The normalized spacial score (nSPS) is 12.9. The van der Waals surface area contributed by atoms with Gasteiger partial charge in [0.2, 0.25) is 0 Å². The number of carbonyl (C=O) groups is 2. The number of amides is 1. The minimum Gasteiger partial charge on any atom is -0.445 e. The zero-order valence-corrected chi connectivity index (χ0v) is 13.5. The first-order valence-corrected chi connectivity index (χ1v) is 7.82. The summed E-state index contributed by atoms with van der Waals surface area (Å²) < 4.78 is 5.04. The lowest BCUT2D eigenvalue weighted by Crippen LogP contribution is -2.30. The highest BCUT2D eigenvalue weighted by molar-refractivity contribution is 5.74. The molecule has 0 radical (unpaired) electrons. The largest absolute Gasteiger partial charge is 0.445 e. The zero-order chi connectivity index (χ0) is 18.1. The van der Waals surface area contributed by atoms with Crippen LogP contribution in [0, 0.1) is 0 Å². The van der Waals surface area contributed by atoms with Crippen molar-refractivity contribution in [2.75, 3.05) is 6.54 Å². The van der Waals surface area contributed by atoms with Crippen molar-refractivity contribution in [1.29, 1.82) is 0 Å². The summed E-state index contributed by atoms with van der Waals surface area (Å²) in [5.74, 6) is 0. The van der Waals surface area contributed by atoms with Crippen LogP contribution in [0.2, 0.25) is 0 Å². The first-order valence-electron chi connectivity index (χ1n) is 7.82. The monoisotopic (exact) mass is 344 g/mol. The molecule has 2 rings (SSSR count). The molecule has 0 saturated heterocycles. The van der Waals surface area contributed by atoms with Crippen LogP contribution in [0.5, 0.6) is 0 Å². The predicted octanol–water partition coefficient (Wildman–Crippen LogP) is 1.60. The number of rotatable bonds is 8. The van der Waals surface area contributed by atoms with E-state index < -0.39 is 18.3 Å². The molecule has 0 spiro atoms. The third kappa shape index (κ3) is 5.98. The minimum absolute atomic E-state index is 0.106. The van der Waals surface area contributed by atoms with Crippen molar-refractivity contribution >= 4 is 12.4 Å². The molecule has 2 aromatic rings. The second kappa shape index (κ2) is 9.51. The molecule has 0 aliphatic carbocycles. The van der Waals surface area contributed by atoms with Crippen molar-refractivity contribution in [1.82, 2.24) is 10.3 Å². The molecule has 1 heterocycles. The standard InChI is InChI=1S/C18H20N2O5/c21-11-14-6-8-19-15(10-14)17(23)16(22)7-9-20-18(24)25-12-13-4-2-1-3-5-13/h1-6,8,10-11,16-17,22-23H,7,9,12H2,(H,20,24). The molecule has 25 heavy (non-hydrogen) atoms. The number of nitrogens with zero attached hydrogens (tertiary/aromatic N) is 1. The molecule has 0 aliphatic rings. The van der Waals surface area contributed by atoms with Crippen molar-refractivity contribution in [2.24, 2.45) is 0 Å². The molecule has 1 amide bonds. The number of pyridine rings is 1. The average molecular weight is 344 g/mol. The number of aliphatic hydroxyl groups excluding tert-OH is 2. The molecule has 0 aliphatic heterocycles. The molecule has 2 atom stereocenters. The van der Waals surface area contributed by atoms with Crippen molar-refractivity contribution in [3.63, 3.8) is 0 Å². The fourth-order valence-corrected chi connectivity index (χ4v) is 2.15. The van der Waals surface area contributed by atoms with Crippen LogP contribution in [0.1, 0.15) is 34.1 Å². The van der Waals surface area contributed by atoms with Gasteiger partial charge >= 0.3 is 6.09 Å². The first-order chi connectivity index (χ1) is 12.1. The van der Waals surface area contributed by atoms with E-state index in [1.54, 1.807) is 0 Å². The van der Waals surface area contributed by atoms with Crippen molar-refractivity contribution in [3.05, 3.63) is 65.5 Å². The Morgan fingerprint density at radius 3 is 2.72 bits per heavy atom. The molecule has 1 aromatic carbocycles. The number of nitrogens with one attached hydrogen (secondary N) is 1. The third-order valence-corrected chi connectivity index (χ3v) is 3.53. The van der Waals surface area contributed by atoms with Crippen LogP contribution in [0.15, 0.2) is 48.7 Å². The molecular weight excluding hydrogens is 324 g/mol. The summed E-state index contributed by atoms with van der Waals surface area (Å²) in [6.45, 7) is 0.277. The molecule has 7 heteroatoms. The summed E-state index contributed by atoms with van der Waals surface area (Å²) >= 11 is 0. The van der Waals surface area contributed by atoms with Crippen LogP contribution >= 0.6 is 0 Å². The Hall–Kier alpha value is -2.77. The Kier molecular flexibility index (Phi) is 7.06. The van der Waals surface area contributed by atoms with Gasteiger partial charge in [-0.1, -0.05) is 30.3 Å². The smallest absolute Gasteiger partial charge is 0.407 e. The molecular formula is C18H20N2O5. The number of benzene rings is 1. The zero-order valence-electron chi connectivity index (χ0n) is 13.5. The van der Waals surface area contributed by atoms with Crippen LogP contribution in [-0.2, 0) is 11.3 Å².